The number of rotatable bonds is 11. The number of nitrogens with one attached hydrogen (secondary N) is 2. The Hall–Kier alpha value is -0.940. The van der Waals surface area contributed by atoms with Crippen LogP contribution in [0.5, 0.6) is 0 Å². The summed E-state index contributed by atoms with van der Waals surface area (Å²) in [6, 6.07) is 8.46. The zero-order chi connectivity index (χ0) is 14.6. The molecule has 0 bridgehead atoms. The van der Waals surface area contributed by atoms with Crippen LogP contribution in [0.15, 0.2) is 24.3 Å². The number of hydrogen-bond donors (Lipinski definition) is 3. The number of benzene rings is 1. The maximum atomic E-state index is 5.64. The van der Waals surface area contributed by atoms with E-state index in [1.54, 1.807) is 0 Å². The number of hydrogen-bond acceptors (Lipinski definition) is 4. The highest BCUT2D eigenvalue weighted by Crippen LogP contribution is 2.03. The highest BCUT2D eigenvalue weighted by atomic mass is 15.1. The van der Waals surface area contributed by atoms with Gasteiger partial charge < -0.3 is 21.3 Å². The van der Waals surface area contributed by atoms with Gasteiger partial charge in [-0.1, -0.05) is 24.3 Å². The predicted molar refractivity (Wildman–Crippen MR) is 86.7 cm³/mol. The van der Waals surface area contributed by atoms with Crippen LogP contribution in [0.3, 0.4) is 0 Å². The Morgan fingerprint density at radius 2 is 1.70 bits per heavy atom. The van der Waals surface area contributed by atoms with Gasteiger partial charge in [0.05, 0.1) is 0 Å². The molecule has 0 spiro atoms. The molecular weight excluding hydrogens is 248 g/mol. The van der Waals surface area contributed by atoms with Crippen LogP contribution < -0.4 is 16.4 Å². The minimum Gasteiger partial charge on any atom is -0.326 e. The molecule has 1 aromatic rings. The van der Waals surface area contributed by atoms with Crippen molar-refractivity contribution in [3.05, 3.63) is 35.4 Å². The molecule has 4 nitrogen and oxygen atoms in total. The van der Waals surface area contributed by atoms with Crippen molar-refractivity contribution in [1.82, 2.24) is 15.5 Å². The van der Waals surface area contributed by atoms with Gasteiger partial charge in [-0.2, -0.15) is 0 Å². The highest BCUT2D eigenvalue weighted by molar-refractivity contribution is 5.23. The Morgan fingerprint density at radius 1 is 1.00 bits per heavy atom. The summed E-state index contributed by atoms with van der Waals surface area (Å²) in [5, 5.41) is 6.95. The molecule has 0 aromatic heterocycles. The Kier molecular flexibility index (Phi) is 9.24. The summed E-state index contributed by atoms with van der Waals surface area (Å²) in [6.07, 6.45) is 2.38. The first-order valence-corrected chi connectivity index (χ1v) is 7.56. The SMILES string of the molecule is CN(C)CCCNCCCNCc1cccc(CN)c1. The van der Waals surface area contributed by atoms with E-state index in [1.165, 1.54) is 24.0 Å². The van der Waals surface area contributed by atoms with Crippen molar-refractivity contribution in [2.45, 2.75) is 25.9 Å². The Morgan fingerprint density at radius 3 is 2.45 bits per heavy atom. The van der Waals surface area contributed by atoms with Gasteiger partial charge in [0.25, 0.3) is 0 Å². The standard InChI is InChI=1S/C16H30N4/c1-20(2)11-5-10-18-8-4-9-19-14-16-7-3-6-15(12-16)13-17/h3,6-7,12,18-19H,4-5,8-11,13-14,17H2,1-2H3. The van der Waals surface area contributed by atoms with Gasteiger partial charge in [0, 0.05) is 13.1 Å². The number of nitrogens with two attached hydrogens (primary N) is 1. The van der Waals surface area contributed by atoms with Crippen LogP contribution in [0.25, 0.3) is 0 Å². The second-order valence-corrected chi connectivity index (χ2v) is 5.46. The largest absolute Gasteiger partial charge is 0.326 e. The van der Waals surface area contributed by atoms with Gasteiger partial charge in [0.15, 0.2) is 0 Å². The van der Waals surface area contributed by atoms with E-state index >= 15 is 0 Å². The van der Waals surface area contributed by atoms with Gasteiger partial charge in [-0.05, 0) is 64.2 Å². The van der Waals surface area contributed by atoms with Crippen molar-refractivity contribution >= 4 is 0 Å². The van der Waals surface area contributed by atoms with E-state index in [-0.39, 0.29) is 0 Å². The summed E-state index contributed by atoms with van der Waals surface area (Å²) < 4.78 is 0. The van der Waals surface area contributed by atoms with Crippen molar-refractivity contribution in [1.29, 1.82) is 0 Å². The summed E-state index contributed by atoms with van der Waals surface area (Å²) in [4.78, 5) is 2.22. The fraction of sp³-hybridized carbons (Fsp3) is 0.625. The van der Waals surface area contributed by atoms with E-state index in [2.05, 4.69) is 53.9 Å². The Balaban J connectivity index is 1.96. The zero-order valence-corrected chi connectivity index (χ0v) is 13.0. The van der Waals surface area contributed by atoms with E-state index in [1.807, 2.05) is 0 Å². The fourth-order valence-corrected chi connectivity index (χ4v) is 2.08. The minimum atomic E-state index is 0.616. The lowest BCUT2D eigenvalue weighted by molar-refractivity contribution is 0.394. The predicted octanol–water partition coefficient (Wildman–Crippen LogP) is 1.17. The lowest BCUT2D eigenvalue weighted by Gasteiger charge is -2.10. The molecule has 0 atom stereocenters. The van der Waals surface area contributed by atoms with Crippen LogP contribution in [0, 0.1) is 0 Å². The molecule has 4 N–H and O–H groups in total. The van der Waals surface area contributed by atoms with Crippen LogP contribution in [-0.2, 0) is 13.1 Å². The van der Waals surface area contributed by atoms with Crippen LogP contribution in [0.1, 0.15) is 24.0 Å². The van der Waals surface area contributed by atoms with Crippen LogP contribution in [0.2, 0.25) is 0 Å². The van der Waals surface area contributed by atoms with E-state index in [4.69, 9.17) is 5.73 Å². The summed E-state index contributed by atoms with van der Waals surface area (Å²) in [6.45, 7) is 5.94. The number of nitrogens with zero attached hydrogens (tertiary/aromatic N) is 1. The molecule has 0 radical (unpaired) electrons. The minimum absolute atomic E-state index is 0.616. The molecule has 0 saturated heterocycles. The third-order valence-corrected chi connectivity index (χ3v) is 3.22. The smallest absolute Gasteiger partial charge is 0.0205 e. The maximum Gasteiger partial charge on any atom is 0.0205 e. The quantitative estimate of drug-likeness (QED) is 0.532. The molecule has 4 heteroatoms. The first-order valence-electron chi connectivity index (χ1n) is 7.56. The molecule has 20 heavy (non-hydrogen) atoms. The molecule has 1 rings (SSSR count). The Bertz CT molecular complexity index is 352. The fourth-order valence-electron chi connectivity index (χ4n) is 2.08. The third-order valence-electron chi connectivity index (χ3n) is 3.22. The summed E-state index contributed by atoms with van der Waals surface area (Å²) in [5.41, 5.74) is 8.15. The lowest BCUT2D eigenvalue weighted by atomic mass is 10.1. The molecule has 0 fully saturated rings. The molecule has 0 saturated carbocycles. The van der Waals surface area contributed by atoms with E-state index in [0.717, 1.165) is 32.7 Å². The van der Waals surface area contributed by atoms with Crippen LogP contribution in [-0.4, -0.2) is 45.2 Å². The monoisotopic (exact) mass is 278 g/mol. The van der Waals surface area contributed by atoms with E-state index in [0.29, 0.717) is 6.54 Å². The van der Waals surface area contributed by atoms with Crippen molar-refractivity contribution in [3.8, 4) is 0 Å². The van der Waals surface area contributed by atoms with E-state index in [9.17, 15) is 0 Å². The molecule has 0 aliphatic heterocycles. The van der Waals surface area contributed by atoms with Crippen LogP contribution in [0.4, 0.5) is 0 Å². The summed E-state index contributed by atoms with van der Waals surface area (Å²) in [5.74, 6) is 0. The summed E-state index contributed by atoms with van der Waals surface area (Å²) >= 11 is 0. The van der Waals surface area contributed by atoms with Gasteiger partial charge in [0.1, 0.15) is 0 Å². The molecule has 0 aliphatic rings. The summed E-state index contributed by atoms with van der Waals surface area (Å²) in [7, 11) is 4.23. The Labute approximate surface area is 123 Å². The average Bonchev–Trinajstić information content (AvgIpc) is 2.45. The molecule has 1 aromatic carbocycles. The molecular formula is C16H30N4. The molecule has 0 heterocycles. The normalized spacial score (nSPS) is 11.2. The first-order chi connectivity index (χ1) is 9.72. The molecule has 0 unspecified atom stereocenters. The highest BCUT2D eigenvalue weighted by Gasteiger charge is 1.95. The lowest BCUT2D eigenvalue weighted by Crippen LogP contribution is -2.24. The zero-order valence-electron chi connectivity index (χ0n) is 13.0. The van der Waals surface area contributed by atoms with Gasteiger partial charge >= 0.3 is 0 Å². The van der Waals surface area contributed by atoms with Crippen molar-refractivity contribution in [2.75, 3.05) is 40.3 Å². The maximum absolute atomic E-state index is 5.64. The molecule has 0 aliphatic carbocycles. The van der Waals surface area contributed by atoms with Crippen LogP contribution >= 0.6 is 0 Å². The van der Waals surface area contributed by atoms with Gasteiger partial charge in [0.2, 0.25) is 0 Å². The van der Waals surface area contributed by atoms with Crippen molar-refractivity contribution in [3.63, 3.8) is 0 Å². The van der Waals surface area contributed by atoms with Crippen molar-refractivity contribution < 1.29 is 0 Å². The second-order valence-electron chi connectivity index (χ2n) is 5.46. The topological polar surface area (TPSA) is 53.3 Å². The van der Waals surface area contributed by atoms with Gasteiger partial charge in [-0.15, -0.1) is 0 Å². The molecule has 114 valence electrons. The second kappa shape index (κ2) is 10.8. The van der Waals surface area contributed by atoms with Gasteiger partial charge in [-0.25, -0.2) is 0 Å². The van der Waals surface area contributed by atoms with Crippen molar-refractivity contribution in [2.24, 2.45) is 5.73 Å². The van der Waals surface area contributed by atoms with Gasteiger partial charge in [-0.3, -0.25) is 0 Å². The average molecular weight is 278 g/mol. The third kappa shape index (κ3) is 8.27. The van der Waals surface area contributed by atoms with E-state index < -0.39 is 0 Å². The first kappa shape index (κ1) is 17.1. The molecule has 0 amide bonds.